The fourth-order valence-corrected chi connectivity index (χ4v) is 1.72. The molecule has 1 heterocycles. The summed E-state index contributed by atoms with van der Waals surface area (Å²) >= 11 is 0. The topological polar surface area (TPSA) is 42.2 Å². The van der Waals surface area contributed by atoms with Crippen LogP contribution in [0, 0.1) is 12.8 Å². The summed E-state index contributed by atoms with van der Waals surface area (Å²) in [5.74, 6) is 1.59. The molecule has 3 nitrogen and oxygen atoms in total. The maximum atomic E-state index is 6.01. The van der Waals surface area contributed by atoms with Gasteiger partial charge in [0.2, 0.25) is 0 Å². The van der Waals surface area contributed by atoms with Crippen molar-refractivity contribution in [2.24, 2.45) is 5.92 Å². The molecule has 2 N–H and O–H groups in total. The quantitative estimate of drug-likeness (QED) is 0.831. The highest BCUT2D eigenvalue weighted by molar-refractivity contribution is 5.63. The van der Waals surface area contributed by atoms with Gasteiger partial charge in [-0.2, -0.15) is 0 Å². The summed E-state index contributed by atoms with van der Waals surface area (Å²) in [4.78, 5) is 6.69. The molecule has 0 aromatic carbocycles. The number of nitrogens with two attached hydrogens (primary N) is 1. The van der Waals surface area contributed by atoms with Crippen LogP contribution in [0.1, 0.15) is 32.8 Å². The lowest BCUT2D eigenvalue weighted by atomic mass is 10.1. The summed E-state index contributed by atoms with van der Waals surface area (Å²) < 4.78 is 0. The highest BCUT2D eigenvalue weighted by Crippen LogP contribution is 2.22. The molecule has 0 fully saturated rings. The second-order valence-electron chi connectivity index (χ2n) is 4.48. The fraction of sp³-hybridized carbons (Fsp3) is 0.615. The van der Waals surface area contributed by atoms with Gasteiger partial charge < -0.3 is 10.6 Å². The van der Waals surface area contributed by atoms with E-state index in [9.17, 15) is 0 Å². The standard InChI is InChI=1S/C13H23N3/c1-5-10(3)9-16(6-2)13-12(14)7-11(4)8-15-13/h7-8,10H,5-6,9,14H2,1-4H3. The Morgan fingerprint density at radius 1 is 1.44 bits per heavy atom. The van der Waals surface area contributed by atoms with E-state index in [2.05, 4.69) is 30.7 Å². The number of nitrogen functional groups attached to an aromatic ring is 1. The first-order chi connectivity index (χ1) is 7.58. The number of nitrogens with zero attached hydrogens (tertiary/aromatic N) is 2. The maximum absolute atomic E-state index is 6.01. The Morgan fingerprint density at radius 3 is 2.62 bits per heavy atom. The van der Waals surface area contributed by atoms with Gasteiger partial charge in [0.1, 0.15) is 0 Å². The highest BCUT2D eigenvalue weighted by Gasteiger charge is 2.12. The Kier molecular flexibility index (Phi) is 4.59. The number of hydrogen-bond donors (Lipinski definition) is 1. The Hall–Kier alpha value is -1.25. The van der Waals surface area contributed by atoms with E-state index in [0.717, 1.165) is 30.2 Å². The lowest BCUT2D eigenvalue weighted by Crippen LogP contribution is -2.29. The number of aromatic nitrogens is 1. The lowest BCUT2D eigenvalue weighted by molar-refractivity contribution is 0.546. The molecule has 0 bridgehead atoms. The fourth-order valence-electron chi connectivity index (χ4n) is 1.72. The minimum atomic E-state index is 0.669. The second-order valence-corrected chi connectivity index (χ2v) is 4.48. The van der Waals surface area contributed by atoms with Crippen LogP contribution in [0.4, 0.5) is 11.5 Å². The van der Waals surface area contributed by atoms with Crippen LogP contribution in [-0.4, -0.2) is 18.1 Å². The largest absolute Gasteiger partial charge is 0.396 e. The van der Waals surface area contributed by atoms with Crippen LogP contribution in [0.2, 0.25) is 0 Å². The highest BCUT2D eigenvalue weighted by atomic mass is 15.2. The van der Waals surface area contributed by atoms with E-state index < -0.39 is 0 Å². The predicted molar refractivity (Wildman–Crippen MR) is 70.7 cm³/mol. The Morgan fingerprint density at radius 2 is 2.12 bits per heavy atom. The van der Waals surface area contributed by atoms with Crippen LogP contribution in [-0.2, 0) is 0 Å². The maximum Gasteiger partial charge on any atom is 0.151 e. The predicted octanol–water partition coefficient (Wildman–Crippen LogP) is 2.84. The molecule has 90 valence electrons. The summed E-state index contributed by atoms with van der Waals surface area (Å²) in [5.41, 5.74) is 7.91. The van der Waals surface area contributed by atoms with Gasteiger partial charge in [-0.1, -0.05) is 20.3 Å². The molecule has 1 aromatic rings. The molecule has 1 rings (SSSR count). The smallest absolute Gasteiger partial charge is 0.151 e. The third-order valence-corrected chi connectivity index (χ3v) is 2.94. The van der Waals surface area contributed by atoms with Crippen LogP contribution in [0.5, 0.6) is 0 Å². The van der Waals surface area contributed by atoms with E-state index in [1.807, 2.05) is 19.2 Å². The van der Waals surface area contributed by atoms with E-state index in [1.165, 1.54) is 6.42 Å². The first kappa shape index (κ1) is 12.8. The van der Waals surface area contributed by atoms with E-state index in [4.69, 9.17) is 5.73 Å². The molecule has 0 spiro atoms. The average molecular weight is 221 g/mol. The third-order valence-electron chi connectivity index (χ3n) is 2.94. The molecule has 0 aliphatic heterocycles. The van der Waals surface area contributed by atoms with E-state index >= 15 is 0 Å². The van der Waals surface area contributed by atoms with Crippen molar-refractivity contribution in [3.8, 4) is 0 Å². The summed E-state index contributed by atoms with van der Waals surface area (Å²) in [6.45, 7) is 10.6. The molecule has 0 radical (unpaired) electrons. The zero-order valence-corrected chi connectivity index (χ0v) is 10.8. The number of hydrogen-bond acceptors (Lipinski definition) is 3. The van der Waals surface area contributed by atoms with Gasteiger partial charge in [-0.3, -0.25) is 0 Å². The minimum Gasteiger partial charge on any atom is -0.396 e. The van der Waals surface area contributed by atoms with Crippen molar-refractivity contribution < 1.29 is 0 Å². The van der Waals surface area contributed by atoms with Crippen LogP contribution in [0.15, 0.2) is 12.3 Å². The van der Waals surface area contributed by atoms with Gasteiger partial charge in [0.05, 0.1) is 5.69 Å². The van der Waals surface area contributed by atoms with Crippen molar-refractivity contribution in [1.29, 1.82) is 0 Å². The van der Waals surface area contributed by atoms with Gasteiger partial charge in [-0.05, 0) is 31.4 Å². The van der Waals surface area contributed by atoms with Crippen LogP contribution in [0.25, 0.3) is 0 Å². The molecular formula is C13H23N3. The SMILES string of the molecule is CCC(C)CN(CC)c1ncc(C)cc1N. The van der Waals surface area contributed by atoms with E-state index in [-0.39, 0.29) is 0 Å². The number of pyridine rings is 1. The molecule has 16 heavy (non-hydrogen) atoms. The average Bonchev–Trinajstić information content (AvgIpc) is 2.26. The molecule has 0 amide bonds. The molecule has 1 aromatic heterocycles. The van der Waals surface area contributed by atoms with Gasteiger partial charge in [-0.15, -0.1) is 0 Å². The van der Waals surface area contributed by atoms with Gasteiger partial charge >= 0.3 is 0 Å². The van der Waals surface area contributed by atoms with Crippen LogP contribution in [0.3, 0.4) is 0 Å². The number of rotatable bonds is 5. The first-order valence-corrected chi connectivity index (χ1v) is 6.05. The summed E-state index contributed by atoms with van der Waals surface area (Å²) in [5, 5.41) is 0. The summed E-state index contributed by atoms with van der Waals surface area (Å²) in [6.07, 6.45) is 3.06. The molecule has 1 atom stereocenters. The summed E-state index contributed by atoms with van der Waals surface area (Å²) in [6, 6.07) is 1.99. The van der Waals surface area contributed by atoms with Gasteiger partial charge in [0, 0.05) is 19.3 Å². The molecule has 0 aliphatic carbocycles. The Labute approximate surface area is 98.7 Å². The van der Waals surface area contributed by atoms with Crippen molar-refractivity contribution >= 4 is 11.5 Å². The summed E-state index contributed by atoms with van der Waals surface area (Å²) in [7, 11) is 0. The molecule has 0 saturated heterocycles. The van der Waals surface area contributed by atoms with Gasteiger partial charge in [0.15, 0.2) is 5.82 Å². The number of anilines is 2. The second kappa shape index (κ2) is 5.73. The molecule has 3 heteroatoms. The minimum absolute atomic E-state index is 0.669. The molecular weight excluding hydrogens is 198 g/mol. The normalized spacial score (nSPS) is 12.5. The lowest BCUT2D eigenvalue weighted by Gasteiger charge is -2.26. The third kappa shape index (κ3) is 3.12. The van der Waals surface area contributed by atoms with Crippen molar-refractivity contribution in [3.05, 3.63) is 17.8 Å². The van der Waals surface area contributed by atoms with Crippen molar-refractivity contribution in [2.75, 3.05) is 23.7 Å². The monoisotopic (exact) mass is 221 g/mol. The van der Waals surface area contributed by atoms with Crippen molar-refractivity contribution in [3.63, 3.8) is 0 Å². The van der Waals surface area contributed by atoms with Crippen LogP contribution < -0.4 is 10.6 Å². The number of aryl methyl sites for hydroxylation is 1. The molecule has 0 aliphatic rings. The zero-order chi connectivity index (χ0) is 12.1. The molecule has 1 unspecified atom stereocenters. The Balaban J connectivity index is 2.86. The molecule has 0 saturated carbocycles. The Bertz CT molecular complexity index is 336. The van der Waals surface area contributed by atoms with Crippen molar-refractivity contribution in [2.45, 2.75) is 34.1 Å². The van der Waals surface area contributed by atoms with Crippen LogP contribution >= 0.6 is 0 Å². The van der Waals surface area contributed by atoms with Gasteiger partial charge in [-0.25, -0.2) is 4.98 Å². The van der Waals surface area contributed by atoms with Crippen molar-refractivity contribution in [1.82, 2.24) is 4.98 Å². The first-order valence-electron chi connectivity index (χ1n) is 6.05. The van der Waals surface area contributed by atoms with Gasteiger partial charge in [0.25, 0.3) is 0 Å². The zero-order valence-electron chi connectivity index (χ0n) is 10.8. The van der Waals surface area contributed by atoms with E-state index in [1.54, 1.807) is 0 Å². The van der Waals surface area contributed by atoms with E-state index in [0.29, 0.717) is 5.92 Å².